The second-order valence-corrected chi connectivity index (χ2v) is 8.26. The summed E-state index contributed by atoms with van der Waals surface area (Å²) in [4.78, 5) is 14.7. The molecular formula is C22H25N5O3S. The van der Waals surface area contributed by atoms with Crippen LogP contribution in [0.2, 0.25) is 0 Å². The third-order valence-corrected chi connectivity index (χ3v) is 6.12. The van der Waals surface area contributed by atoms with Crippen LogP contribution >= 0.6 is 11.8 Å². The normalized spacial score (nSPS) is 12.6. The van der Waals surface area contributed by atoms with Crippen LogP contribution in [-0.2, 0) is 11.3 Å². The Bertz CT molecular complexity index is 1080. The van der Waals surface area contributed by atoms with E-state index in [9.17, 15) is 4.79 Å². The van der Waals surface area contributed by atoms with Crippen molar-refractivity contribution in [3.05, 3.63) is 53.1 Å². The van der Waals surface area contributed by atoms with Crippen molar-refractivity contribution >= 4 is 17.7 Å². The summed E-state index contributed by atoms with van der Waals surface area (Å²) in [6.07, 6.45) is 0. The number of fused-ring (bicyclic) bond motifs is 1. The third kappa shape index (κ3) is 4.82. The number of aryl methyl sites for hydroxylation is 2. The van der Waals surface area contributed by atoms with Gasteiger partial charge in [0.2, 0.25) is 11.1 Å². The number of aromatic nitrogens is 4. The van der Waals surface area contributed by atoms with Crippen molar-refractivity contribution in [1.29, 1.82) is 0 Å². The van der Waals surface area contributed by atoms with Crippen LogP contribution in [0.4, 0.5) is 0 Å². The zero-order valence-electron chi connectivity index (χ0n) is 17.9. The minimum absolute atomic E-state index is 0.0250. The van der Waals surface area contributed by atoms with Gasteiger partial charge in [-0.05, 0) is 72.2 Å². The molecule has 0 unspecified atom stereocenters. The molecule has 3 aromatic rings. The predicted molar refractivity (Wildman–Crippen MR) is 118 cm³/mol. The van der Waals surface area contributed by atoms with E-state index in [0.29, 0.717) is 31.5 Å². The van der Waals surface area contributed by atoms with Crippen molar-refractivity contribution in [3.63, 3.8) is 0 Å². The summed E-state index contributed by atoms with van der Waals surface area (Å²) >= 11 is 1.33. The molecule has 0 bridgehead atoms. The lowest BCUT2D eigenvalue weighted by Gasteiger charge is -2.23. The second kappa shape index (κ2) is 9.38. The van der Waals surface area contributed by atoms with E-state index in [4.69, 9.17) is 9.47 Å². The van der Waals surface area contributed by atoms with Gasteiger partial charge in [0.05, 0.1) is 11.4 Å². The number of tetrazole rings is 1. The highest BCUT2D eigenvalue weighted by Crippen LogP contribution is 2.31. The topological polar surface area (TPSA) is 82.4 Å². The number of amides is 1. The van der Waals surface area contributed by atoms with E-state index >= 15 is 0 Å². The zero-order chi connectivity index (χ0) is 21.8. The number of benzene rings is 2. The van der Waals surface area contributed by atoms with Gasteiger partial charge in [0.15, 0.2) is 11.5 Å². The molecule has 4 rings (SSSR count). The lowest BCUT2D eigenvalue weighted by Crippen LogP contribution is -2.31. The molecule has 2 heterocycles. The molecule has 0 saturated carbocycles. The molecule has 1 aliphatic heterocycles. The molecule has 1 aliphatic rings. The van der Waals surface area contributed by atoms with E-state index in [2.05, 4.69) is 29.4 Å². The van der Waals surface area contributed by atoms with Gasteiger partial charge in [0, 0.05) is 13.1 Å². The van der Waals surface area contributed by atoms with Gasteiger partial charge in [0.25, 0.3) is 0 Å². The Morgan fingerprint density at radius 3 is 2.68 bits per heavy atom. The number of hydrogen-bond donors (Lipinski definition) is 0. The monoisotopic (exact) mass is 439 g/mol. The van der Waals surface area contributed by atoms with Crippen LogP contribution in [0.1, 0.15) is 23.6 Å². The standard InChI is InChI=1S/C22H25N5O3S/c1-4-26(13-17-6-8-19-20(12-17)30-10-9-29-19)21(28)14-31-22-23-24-25-27(22)18-7-5-15(2)16(3)11-18/h5-8,11-12H,4,9-10,13-14H2,1-3H3. The summed E-state index contributed by atoms with van der Waals surface area (Å²) < 4.78 is 12.9. The number of thioether (sulfide) groups is 1. The highest BCUT2D eigenvalue weighted by molar-refractivity contribution is 7.99. The lowest BCUT2D eigenvalue weighted by atomic mass is 10.1. The Morgan fingerprint density at radius 2 is 1.90 bits per heavy atom. The number of carbonyl (C=O) groups is 1. The molecule has 8 nitrogen and oxygen atoms in total. The van der Waals surface area contributed by atoms with E-state index in [-0.39, 0.29) is 11.7 Å². The molecule has 0 spiro atoms. The minimum Gasteiger partial charge on any atom is -0.486 e. The first-order chi connectivity index (χ1) is 15.0. The molecule has 9 heteroatoms. The molecule has 0 N–H and O–H groups in total. The number of rotatable bonds is 7. The van der Waals surface area contributed by atoms with Gasteiger partial charge in [-0.3, -0.25) is 4.79 Å². The first-order valence-corrected chi connectivity index (χ1v) is 11.2. The Balaban J connectivity index is 1.41. The average Bonchev–Trinajstić information content (AvgIpc) is 3.26. The molecule has 0 saturated heterocycles. The zero-order valence-corrected chi connectivity index (χ0v) is 18.7. The van der Waals surface area contributed by atoms with Gasteiger partial charge >= 0.3 is 0 Å². The molecule has 0 atom stereocenters. The molecule has 1 aromatic heterocycles. The van der Waals surface area contributed by atoms with Gasteiger partial charge in [-0.2, -0.15) is 4.68 Å². The van der Waals surface area contributed by atoms with Crippen LogP contribution in [0.15, 0.2) is 41.6 Å². The predicted octanol–water partition coefficient (Wildman–Crippen LogP) is 3.19. The summed E-state index contributed by atoms with van der Waals surface area (Å²) in [6.45, 7) is 8.30. The van der Waals surface area contributed by atoms with Crippen molar-refractivity contribution in [3.8, 4) is 17.2 Å². The Hall–Kier alpha value is -3.07. The first-order valence-electron chi connectivity index (χ1n) is 10.2. The van der Waals surface area contributed by atoms with Crippen molar-refractivity contribution in [2.45, 2.75) is 32.5 Å². The van der Waals surface area contributed by atoms with Gasteiger partial charge in [-0.15, -0.1) is 5.10 Å². The molecule has 162 valence electrons. The highest BCUT2D eigenvalue weighted by Gasteiger charge is 2.18. The van der Waals surface area contributed by atoms with E-state index in [1.54, 1.807) is 4.68 Å². The summed E-state index contributed by atoms with van der Waals surface area (Å²) in [5.74, 6) is 1.76. The van der Waals surface area contributed by atoms with E-state index in [1.165, 1.54) is 17.3 Å². The van der Waals surface area contributed by atoms with Crippen LogP contribution in [0.25, 0.3) is 5.69 Å². The van der Waals surface area contributed by atoms with Gasteiger partial charge in [-0.1, -0.05) is 23.9 Å². The van der Waals surface area contributed by atoms with Gasteiger partial charge < -0.3 is 14.4 Å². The maximum atomic E-state index is 12.9. The van der Waals surface area contributed by atoms with E-state index in [0.717, 1.165) is 28.3 Å². The number of hydrogen-bond acceptors (Lipinski definition) is 7. The van der Waals surface area contributed by atoms with Crippen LogP contribution in [-0.4, -0.2) is 56.5 Å². The molecule has 1 amide bonds. The quantitative estimate of drug-likeness (QED) is 0.523. The van der Waals surface area contributed by atoms with Crippen molar-refractivity contribution < 1.29 is 14.3 Å². The van der Waals surface area contributed by atoms with Crippen LogP contribution in [0.3, 0.4) is 0 Å². The summed E-state index contributed by atoms with van der Waals surface area (Å²) in [5, 5.41) is 12.6. The SMILES string of the molecule is CCN(Cc1ccc2c(c1)OCCO2)C(=O)CSc1nnnn1-c1ccc(C)c(C)c1. The maximum Gasteiger partial charge on any atom is 0.233 e. The Labute approximate surface area is 185 Å². The summed E-state index contributed by atoms with van der Waals surface area (Å²) in [7, 11) is 0. The van der Waals surface area contributed by atoms with Crippen LogP contribution in [0, 0.1) is 13.8 Å². The third-order valence-electron chi connectivity index (χ3n) is 5.22. The Morgan fingerprint density at radius 1 is 1.10 bits per heavy atom. The van der Waals surface area contributed by atoms with Crippen molar-refractivity contribution in [1.82, 2.24) is 25.1 Å². The number of carbonyl (C=O) groups excluding carboxylic acids is 1. The Kier molecular flexibility index (Phi) is 6.41. The molecule has 0 radical (unpaired) electrons. The molecule has 31 heavy (non-hydrogen) atoms. The van der Waals surface area contributed by atoms with Crippen LogP contribution < -0.4 is 9.47 Å². The van der Waals surface area contributed by atoms with Gasteiger partial charge in [-0.25, -0.2) is 0 Å². The van der Waals surface area contributed by atoms with Crippen LogP contribution in [0.5, 0.6) is 11.5 Å². The average molecular weight is 440 g/mol. The number of nitrogens with zero attached hydrogens (tertiary/aromatic N) is 5. The van der Waals surface area contributed by atoms with E-state index in [1.807, 2.05) is 48.2 Å². The second-order valence-electron chi connectivity index (χ2n) is 7.32. The lowest BCUT2D eigenvalue weighted by molar-refractivity contribution is -0.128. The fourth-order valence-corrected chi connectivity index (χ4v) is 4.08. The highest BCUT2D eigenvalue weighted by atomic mass is 32.2. The first kappa shape index (κ1) is 21.2. The smallest absolute Gasteiger partial charge is 0.233 e. The fourth-order valence-electron chi connectivity index (χ4n) is 3.29. The molecule has 0 aliphatic carbocycles. The maximum absolute atomic E-state index is 12.9. The fraction of sp³-hybridized carbons (Fsp3) is 0.364. The minimum atomic E-state index is 0.0250. The van der Waals surface area contributed by atoms with Gasteiger partial charge in [0.1, 0.15) is 13.2 Å². The molecule has 2 aromatic carbocycles. The summed E-state index contributed by atoms with van der Waals surface area (Å²) in [6, 6.07) is 11.9. The molecule has 0 fully saturated rings. The van der Waals surface area contributed by atoms with Crippen molar-refractivity contribution in [2.24, 2.45) is 0 Å². The molecular weight excluding hydrogens is 414 g/mol. The summed E-state index contributed by atoms with van der Waals surface area (Å²) in [5.41, 5.74) is 4.26. The largest absolute Gasteiger partial charge is 0.486 e. The van der Waals surface area contributed by atoms with Crippen molar-refractivity contribution in [2.75, 3.05) is 25.5 Å². The number of ether oxygens (including phenoxy) is 2. The van der Waals surface area contributed by atoms with E-state index < -0.39 is 0 Å².